The van der Waals surface area contributed by atoms with E-state index in [9.17, 15) is 9.59 Å². The molecule has 2 aromatic heterocycles. The smallest absolute Gasteiger partial charge is 0.338 e. The van der Waals surface area contributed by atoms with Crippen LogP contribution in [0.25, 0.3) is 6.08 Å². The number of carbonyl (C=O) groups excluding carboxylic acids is 1. The van der Waals surface area contributed by atoms with E-state index in [1.165, 1.54) is 11.3 Å². The van der Waals surface area contributed by atoms with E-state index in [2.05, 4.69) is 20.9 Å². The van der Waals surface area contributed by atoms with Crippen LogP contribution in [0, 0.1) is 0 Å². The zero-order valence-electron chi connectivity index (χ0n) is 18.1. The minimum Gasteiger partial charge on any atom is -0.463 e. The number of thiazole rings is 1. The quantitative estimate of drug-likeness (QED) is 0.487. The number of furan rings is 1. The Hall–Kier alpha value is -2.91. The van der Waals surface area contributed by atoms with Gasteiger partial charge in [0.2, 0.25) is 0 Å². The van der Waals surface area contributed by atoms with Crippen LogP contribution in [-0.2, 0) is 9.53 Å². The molecule has 3 heterocycles. The van der Waals surface area contributed by atoms with Crippen LogP contribution in [0.3, 0.4) is 0 Å². The zero-order valence-corrected chi connectivity index (χ0v) is 20.5. The first-order chi connectivity index (χ1) is 15.3. The molecular formula is C23H22BrN3O4S. The molecule has 4 rings (SSSR count). The molecule has 0 amide bonds. The first-order valence-corrected chi connectivity index (χ1v) is 11.6. The summed E-state index contributed by atoms with van der Waals surface area (Å²) in [4.78, 5) is 33.3. The fraction of sp³-hybridized carbons (Fsp3) is 0.261. The lowest BCUT2D eigenvalue weighted by molar-refractivity contribution is -0.139. The van der Waals surface area contributed by atoms with Crippen molar-refractivity contribution in [2.24, 2.45) is 4.99 Å². The number of rotatable bonds is 5. The maximum Gasteiger partial charge on any atom is 0.338 e. The lowest BCUT2D eigenvalue weighted by Gasteiger charge is -2.24. The molecule has 0 spiro atoms. The van der Waals surface area contributed by atoms with Crippen molar-refractivity contribution in [3.8, 4) is 0 Å². The van der Waals surface area contributed by atoms with E-state index in [0.29, 0.717) is 32.2 Å². The number of aromatic nitrogens is 1. The topological polar surface area (TPSA) is 77.0 Å². The van der Waals surface area contributed by atoms with Crippen LogP contribution in [0.1, 0.15) is 31.2 Å². The Morgan fingerprint density at radius 3 is 2.62 bits per heavy atom. The largest absolute Gasteiger partial charge is 0.463 e. The van der Waals surface area contributed by atoms with Gasteiger partial charge in [-0.1, -0.05) is 39.4 Å². The third-order valence-electron chi connectivity index (χ3n) is 5.03. The molecule has 0 saturated heterocycles. The van der Waals surface area contributed by atoms with Crippen molar-refractivity contribution in [2.75, 3.05) is 25.6 Å². The number of anilines is 1. The van der Waals surface area contributed by atoms with Gasteiger partial charge in [0.05, 0.1) is 28.5 Å². The molecule has 0 N–H and O–H groups in total. The summed E-state index contributed by atoms with van der Waals surface area (Å²) < 4.78 is 14.0. The van der Waals surface area contributed by atoms with Gasteiger partial charge in [-0.25, -0.2) is 9.79 Å². The predicted molar refractivity (Wildman–Crippen MR) is 128 cm³/mol. The maximum absolute atomic E-state index is 13.5. The molecule has 166 valence electrons. The Morgan fingerprint density at radius 2 is 2.00 bits per heavy atom. The van der Waals surface area contributed by atoms with Crippen molar-refractivity contribution in [1.82, 2.24) is 4.57 Å². The molecule has 0 bridgehead atoms. The van der Waals surface area contributed by atoms with E-state index < -0.39 is 12.0 Å². The number of hydrogen-bond donors (Lipinski definition) is 0. The molecule has 1 aromatic carbocycles. The highest BCUT2D eigenvalue weighted by molar-refractivity contribution is 9.10. The maximum atomic E-state index is 13.5. The van der Waals surface area contributed by atoms with Crippen LogP contribution in [-0.4, -0.2) is 31.2 Å². The van der Waals surface area contributed by atoms with Crippen molar-refractivity contribution in [2.45, 2.75) is 19.9 Å². The Labute approximate surface area is 197 Å². The fourth-order valence-electron chi connectivity index (χ4n) is 3.54. The number of nitrogens with zero attached hydrogens (tertiary/aromatic N) is 3. The van der Waals surface area contributed by atoms with E-state index in [1.54, 1.807) is 24.5 Å². The van der Waals surface area contributed by atoms with Crippen LogP contribution in [0.4, 0.5) is 5.88 Å². The van der Waals surface area contributed by atoms with Gasteiger partial charge in [-0.3, -0.25) is 9.36 Å². The molecule has 1 atom stereocenters. The Balaban J connectivity index is 1.92. The van der Waals surface area contributed by atoms with E-state index in [-0.39, 0.29) is 12.2 Å². The van der Waals surface area contributed by atoms with Gasteiger partial charge in [-0.15, -0.1) is 0 Å². The molecule has 7 nitrogen and oxygen atoms in total. The summed E-state index contributed by atoms with van der Waals surface area (Å²) in [6.45, 7) is 3.76. The van der Waals surface area contributed by atoms with E-state index in [1.807, 2.05) is 55.4 Å². The standard InChI is InChI=1S/C23H22BrN3O4S/c1-5-30-22(29)19-13(2)25-23-27(20(19)14-6-8-15(24)9-7-14)21(28)17(32-23)12-16-10-11-18(31-16)26(3)4/h6-12,20H,5H2,1-4H3/b17-12-/t20-/m1/s1. The number of benzene rings is 1. The summed E-state index contributed by atoms with van der Waals surface area (Å²) in [6.07, 6.45) is 1.71. The number of carbonyl (C=O) groups is 1. The van der Waals surface area contributed by atoms with Crippen molar-refractivity contribution < 1.29 is 13.9 Å². The molecule has 1 aliphatic rings. The summed E-state index contributed by atoms with van der Waals surface area (Å²) in [5.41, 5.74) is 1.46. The first-order valence-electron chi connectivity index (χ1n) is 10.0. The highest BCUT2D eigenvalue weighted by Gasteiger charge is 2.33. The molecule has 1 aliphatic heterocycles. The van der Waals surface area contributed by atoms with Crippen molar-refractivity contribution >= 4 is 45.2 Å². The highest BCUT2D eigenvalue weighted by atomic mass is 79.9. The number of esters is 1. The second-order valence-corrected chi connectivity index (χ2v) is 9.35. The van der Waals surface area contributed by atoms with E-state index in [0.717, 1.165) is 10.0 Å². The van der Waals surface area contributed by atoms with Crippen LogP contribution >= 0.6 is 27.3 Å². The van der Waals surface area contributed by atoms with Gasteiger partial charge in [-0.2, -0.15) is 0 Å². The average Bonchev–Trinajstić information content (AvgIpc) is 3.33. The number of ether oxygens (including phenoxy) is 1. The SMILES string of the molecule is CCOC(=O)C1=C(C)N=c2s/c(=C\c3ccc(N(C)C)o3)c(=O)n2[C@@H]1c1ccc(Br)cc1. The summed E-state index contributed by atoms with van der Waals surface area (Å²) >= 11 is 4.71. The summed E-state index contributed by atoms with van der Waals surface area (Å²) in [6, 6.07) is 10.6. The van der Waals surface area contributed by atoms with E-state index >= 15 is 0 Å². The first kappa shape index (κ1) is 22.3. The second kappa shape index (κ2) is 8.91. The third kappa shape index (κ3) is 4.10. The predicted octanol–water partition coefficient (Wildman–Crippen LogP) is 3.22. The van der Waals surface area contributed by atoms with Crippen molar-refractivity contribution in [1.29, 1.82) is 0 Å². The van der Waals surface area contributed by atoms with Crippen LogP contribution in [0.2, 0.25) is 0 Å². The highest BCUT2D eigenvalue weighted by Crippen LogP contribution is 2.31. The van der Waals surface area contributed by atoms with Crippen LogP contribution in [0.15, 0.2) is 66.3 Å². The number of fused-ring (bicyclic) bond motifs is 1. The van der Waals surface area contributed by atoms with Gasteiger partial charge in [0.1, 0.15) is 5.76 Å². The zero-order chi connectivity index (χ0) is 23.0. The van der Waals surface area contributed by atoms with E-state index in [4.69, 9.17) is 9.15 Å². The fourth-order valence-corrected chi connectivity index (χ4v) is 4.83. The molecule has 0 unspecified atom stereocenters. The molecule has 3 aromatic rings. The normalized spacial score (nSPS) is 16.0. The Bertz CT molecular complexity index is 1380. The Kier molecular flexibility index (Phi) is 6.21. The van der Waals surface area contributed by atoms with Gasteiger partial charge in [-0.05, 0) is 37.6 Å². The molecule has 0 saturated carbocycles. The monoisotopic (exact) mass is 515 g/mol. The number of allylic oxidation sites excluding steroid dienone is 1. The Morgan fingerprint density at radius 1 is 1.28 bits per heavy atom. The molecule has 9 heteroatoms. The average molecular weight is 516 g/mol. The summed E-state index contributed by atoms with van der Waals surface area (Å²) in [7, 11) is 3.77. The number of halogens is 1. The second-order valence-electron chi connectivity index (χ2n) is 7.42. The molecule has 0 radical (unpaired) electrons. The lowest BCUT2D eigenvalue weighted by atomic mass is 9.96. The summed E-state index contributed by atoms with van der Waals surface area (Å²) in [5, 5.41) is 0. The number of hydrogen-bond acceptors (Lipinski definition) is 7. The van der Waals surface area contributed by atoms with Gasteiger partial charge in [0, 0.05) is 30.7 Å². The van der Waals surface area contributed by atoms with Gasteiger partial charge in [0.15, 0.2) is 10.7 Å². The molecular weight excluding hydrogens is 494 g/mol. The van der Waals surface area contributed by atoms with Crippen molar-refractivity contribution in [3.63, 3.8) is 0 Å². The minimum atomic E-state index is -0.630. The molecule has 0 aliphatic carbocycles. The van der Waals surface area contributed by atoms with Crippen LogP contribution < -0.4 is 19.8 Å². The van der Waals surface area contributed by atoms with Gasteiger partial charge < -0.3 is 14.1 Å². The molecule has 32 heavy (non-hydrogen) atoms. The van der Waals surface area contributed by atoms with Crippen LogP contribution in [0.5, 0.6) is 0 Å². The van der Waals surface area contributed by atoms with Gasteiger partial charge in [0.25, 0.3) is 5.56 Å². The minimum absolute atomic E-state index is 0.236. The van der Waals surface area contributed by atoms with Gasteiger partial charge >= 0.3 is 5.97 Å². The molecule has 0 fully saturated rings. The lowest BCUT2D eigenvalue weighted by Crippen LogP contribution is -2.39. The van der Waals surface area contributed by atoms with Crippen molar-refractivity contribution in [3.05, 3.63) is 83.2 Å². The summed E-state index contributed by atoms with van der Waals surface area (Å²) in [5.74, 6) is 0.787. The third-order valence-corrected chi connectivity index (χ3v) is 6.54.